The fourth-order valence-electron chi connectivity index (χ4n) is 1.54. The van der Waals surface area contributed by atoms with E-state index in [0.29, 0.717) is 5.92 Å². The minimum Gasteiger partial charge on any atom is -0.373 e. The molecule has 1 aliphatic rings. The molecule has 0 aliphatic heterocycles. The highest BCUT2D eigenvalue weighted by Gasteiger charge is 2.32. The molecule has 66 valence electrons. The van der Waals surface area contributed by atoms with E-state index in [1.807, 2.05) is 21.0 Å². The van der Waals surface area contributed by atoms with Crippen molar-refractivity contribution in [1.82, 2.24) is 5.16 Å². The molecule has 0 radical (unpaired) electrons. The maximum absolute atomic E-state index is 5.29. The van der Waals surface area contributed by atoms with Gasteiger partial charge in [0.1, 0.15) is 11.4 Å². The zero-order valence-corrected chi connectivity index (χ0v) is 7.79. The smallest absolute Gasteiger partial charge is 0.163 e. The Morgan fingerprint density at radius 1 is 1.42 bits per heavy atom. The first kappa shape index (κ1) is 7.65. The lowest BCUT2D eigenvalue weighted by Gasteiger charge is -2.11. The predicted octanol–water partition coefficient (Wildman–Crippen LogP) is 1.93. The predicted molar refractivity (Wildman–Crippen MR) is 47.5 cm³/mol. The average molecular weight is 166 g/mol. The molecule has 0 aromatic carbocycles. The van der Waals surface area contributed by atoms with Gasteiger partial charge in [-0.1, -0.05) is 5.16 Å². The van der Waals surface area contributed by atoms with Crippen LogP contribution >= 0.6 is 0 Å². The van der Waals surface area contributed by atoms with Crippen molar-refractivity contribution in [2.45, 2.75) is 25.7 Å². The van der Waals surface area contributed by atoms with E-state index >= 15 is 0 Å². The maximum Gasteiger partial charge on any atom is 0.163 e. The lowest BCUT2D eigenvalue weighted by atomic mass is 10.2. The Balaban J connectivity index is 2.39. The van der Waals surface area contributed by atoms with E-state index in [0.717, 1.165) is 11.5 Å². The van der Waals surface area contributed by atoms with E-state index in [-0.39, 0.29) is 0 Å². The van der Waals surface area contributed by atoms with Crippen molar-refractivity contribution in [2.75, 3.05) is 19.0 Å². The van der Waals surface area contributed by atoms with Crippen LogP contribution in [-0.4, -0.2) is 19.3 Å². The molecule has 2 rings (SSSR count). The zero-order chi connectivity index (χ0) is 8.72. The van der Waals surface area contributed by atoms with Crippen molar-refractivity contribution in [3.05, 3.63) is 11.5 Å². The van der Waals surface area contributed by atoms with Gasteiger partial charge in [0.15, 0.2) is 5.76 Å². The summed E-state index contributed by atoms with van der Waals surface area (Å²) in [6.45, 7) is 1.99. The van der Waals surface area contributed by atoms with Gasteiger partial charge in [0.2, 0.25) is 0 Å². The van der Waals surface area contributed by atoms with Crippen LogP contribution in [0.4, 0.5) is 5.69 Å². The molecule has 1 saturated carbocycles. The molecule has 0 N–H and O–H groups in total. The monoisotopic (exact) mass is 166 g/mol. The summed E-state index contributed by atoms with van der Waals surface area (Å²) < 4.78 is 5.29. The lowest BCUT2D eigenvalue weighted by molar-refractivity contribution is 0.381. The van der Waals surface area contributed by atoms with Crippen LogP contribution in [0.5, 0.6) is 0 Å². The molecule has 0 unspecified atom stereocenters. The van der Waals surface area contributed by atoms with E-state index in [4.69, 9.17) is 4.52 Å². The van der Waals surface area contributed by atoms with Gasteiger partial charge in [0, 0.05) is 20.0 Å². The highest BCUT2D eigenvalue weighted by atomic mass is 16.5. The molecular formula is C9H14N2O. The molecule has 0 atom stereocenters. The molecule has 0 amide bonds. The Bertz CT molecular complexity index is 287. The van der Waals surface area contributed by atoms with Gasteiger partial charge in [0.05, 0.1) is 0 Å². The number of aromatic nitrogens is 1. The molecule has 1 fully saturated rings. The van der Waals surface area contributed by atoms with Crippen LogP contribution in [0.1, 0.15) is 30.2 Å². The number of anilines is 1. The summed E-state index contributed by atoms with van der Waals surface area (Å²) in [6, 6.07) is 0. The van der Waals surface area contributed by atoms with Crippen molar-refractivity contribution in [3.63, 3.8) is 0 Å². The van der Waals surface area contributed by atoms with Gasteiger partial charge in [-0.15, -0.1) is 0 Å². The fourth-order valence-corrected chi connectivity index (χ4v) is 1.54. The Hall–Kier alpha value is -0.990. The average Bonchev–Trinajstić information content (AvgIpc) is 2.75. The van der Waals surface area contributed by atoms with Gasteiger partial charge < -0.3 is 9.42 Å². The van der Waals surface area contributed by atoms with E-state index in [1.165, 1.54) is 18.5 Å². The summed E-state index contributed by atoms with van der Waals surface area (Å²) in [7, 11) is 4.07. The number of aryl methyl sites for hydroxylation is 1. The van der Waals surface area contributed by atoms with E-state index < -0.39 is 0 Å². The molecule has 3 nitrogen and oxygen atoms in total. The lowest BCUT2D eigenvalue weighted by Crippen LogP contribution is -2.10. The van der Waals surface area contributed by atoms with Crippen LogP contribution < -0.4 is 4.90 Å². The minimum absolute atomic E-state index is 0.642. The number of hydrogen-bond acceptors (Lipinski definition) is 3. The van der Waals surface area contributed by atoms with Crippen molar-refractivity contribution in [1.29, 1.82) is 0 Å². The second-order valence-electron chi connectivity index (χ2n) is 3.65. The minimum atomic E-state index is 0.642. The van der Waals surface area contributed by atoms with Crippen molar-refractivity contribution >= 4 is 5.69 Å². The topological polar surface area (TPSA) is 29.3 Å². The summed E-state index contributed by atoms with van der Waals surface area (Å²) in [5.74, 6) is 1.72. The second kappa shape index (κ2) is 2.51. The summed E-state index contributed by atoms with van der Waals surface area (Å²) >= 11 is 0. The molecule has 0 bridgehead atoms. The molecule has 1 aromatic heterocycles. The Morgan fingerprint density at radius 3 is 2.58 bits per heavy atom. The number of nitrogens with zero attached hydrogens (tertiary/aromatic N) is 2. The largest absolute Gasteiger partial charge is 0.373 e. The van der Waals surface area contributed by atoms with Crippen LogP contribution in [0.25, 0.3) is 0 Å². The van der Waals surface area contributed by atoms with Crippen LogP contribution in [-0.2, 0) is 0 Å². The van der Waals surface area contributed by atoms with Crippen LogP contribution in [0.2, 0.25) is 0 Å². The van der Waals surface area contributed by atoms with Crippen LogP contribution in [0.3, 0.4) is 0 Å². The molecule has 1 aromatic rings. The van der Waals surface area contributed by atoms with Crippen molar-refractivity contribution < 1.29 is 4.52 Å². The standard InChI is InChI=1S/C9H14N2O/c1-6-8(11(2)3)9(12-10-6)7-4-5-7/h7H,4-5H2,1-3H3. The first-order valence-electron chi connectivity index (χ1n) is 4.33. The van der Waals surface area contributed by atoms with Gasteiger partial charge in [0.25, 0.3) is 0 Å². The molecule has 0 spiro atoms. The first-order chi connectivity index (χ1) is 5.70. The third-order valence-electron chi connectivity index (χ3n) is 2.25. The van der Waals surface area contributed by atoms with Crippen molar-refractivity contribution in [2.24, 2.45) is 0 Å². The molecule has 1 aliphatic carbocycles. The zero-order valence-electron chi connectivity index (χ0n) is 7.79. The second-order valence-corrected chi connectivity index (χ2v) is 3.65. The Labute approximate surface area is 72.3 Å². The van der Waals surface area contributed by atoms with Gasteiger partial charge in [-0.2, -0.15) is 0 Å². The van der Waals surface area contributed by atoms with Crippen LogP contribution in [0, 0.1) is 6.92 Å². The highest BCUT2D eigenvalue weighted by Crippen LogP contribution is 2.44. The van der Waals surface area contributed by atoms with E-state index in [1.54, 1.807) is 0 Å². The Morgan fingerprint density at radius 2 is 2.08 bits per heavy atom. The maximum atomic E-state index is 5.29. The molecule has 3 heteroatoms. The summed E-state index contributed by atoms with van der Waals surface area (Å²) in [5, 5.41) is 3.98. The SMILES string of the molecule is Cc1noc(C2CC2)c1N(C)C. The molecule has 12 heavy (non-hydrogen) atoms. The first-order valence-corrected chi connectivity index (χ1v) is 4.33. The fraction of sp³-hybridized carbons (Fsp3) is 0.667. The van der Waals surface area contributed by atoms with Gasteiger partial charge in [-0.3, -0.25) is 0 Å². The molecule has 0 saturated heterocycles. The normalized spacial score (nSPS) is 16.6. The number of hydrogen-bond donors (Lipinski definition) is 0. The number of rotatable bonds is 2. The van der Waals surface area contributed by atoms with Gasteiger partial charge >= 0.3 is 0 Å². The quantitative estimate of drug-likeness (QED) is 0.672. The van der Waals surface area contributed by atoms with Gasteiger partial charge in [-0.25, -0.2) is 0 Å². The van der Waals surface area contributed by atoms with Gasteiger partial charge in [-0.05, 0) is 19.8 Å². The highest BCUT2D eigenvalue weighted by molar-refractivity contribution is 5.54. The Kier molecular flexibility index (Phi) is 1.60. The third kappa shape index (κ3) is 1.09. The molecular weight excluding hydrogens is 152 g/mol. The summed E-state index contributed by atoms with van der Waals surface area (Å²) in [4.78, 5) is 2.08. The summed E-state index contributed by atoms with van der Waals surface area (Å²) in [6.07, 6.45) is 2.52. The van der Waals surface area contributed by atoms with E-state index in [2.05, 4.69) is 10.1 Å². The molecule has 1 heterocycles. The van der Waals surface area contributed by atoms with Crippen molar-refractivity contribution in [3.8, 4) is 0 Å². The summed E-state index contributed by atoms with van der Waals surface area (Å²) in [5.41, 5.74) is 2.18. The van der Waals surface area contributed by atoms with E-state index in [9.17, 15) is 0 Å². The third-order valence-corrected chi connectivity index (χ3v) is 2.25. The van der Waals surface area contributed by atoms with Crippen LogP contribution in [0.15, 0.2) is 4.52 Å².